The van der Waals surface area contributed by atoms with Gasteiger partial charge in [0.2, 0.25) is 0 Å². The maximum Gasteiger partial charge on any atom is 0.300 e. The van der Waals surface area contributed by atoms with Crippen molar-refractivity contribution >= 4 is 5.97 Å². The highest BCUT2D eigenvalue weighted by Gasteiger charge is 2.16. The fraction of sp³-hybridized carbons (Fsp3) is 0.833. The molecule has 3 N–H and O–H groups in total. The highest BCUT2D eigenvalue weighted by molar-refractivity contribution is 5.62. The molecule has 12 heavy (non-hydrogen) atoms. The fourth-order valence-corrected chi connectivity index (χ4v) is 0.483. The van der Waals surface area contributed by atoms with Crippen molar-refractivity contribution in [3.05, 3.63) is 0 Å². The molecule has 0 bridgehead atoms. The molecule has 0 radical (unpaired) electrons. The van der Waals surface area contributed by atoms with Gasteiger partial charge in [-0.1, -0.05) is 0 Å². The van der Waals surface area contributed by atoms with Gasteiger partial charge in [-0.05, 0) is 0 Å². The van der Waals surface area contributed by atoms with Crippen LogP contribution in [0.25, 0.3) is 0 Å². The molecule has 6 nitrogen and oxygen atoms in total. The van der Waals surface area contributed by atoms with Crippen LogP contribution in [-0.4, -0.2) is 47.1 Å². The summed E-state index contributed by atoms with van der Waals surface area (Å²) in [5.41, 5.74) is 0. The van der Waals surface area contributed by atoms with Crippen LogP contribution in [-0.2, 0) is 14.3 Å². The minimum Gasteiger partial charge on any atom is -0.481 e. The van der Waals surface area contributed by atoms with Gasteiger partial charge < -0.3 is 24.8 Å². The first-order valence-electron chi connectivity index (χ1n) is 3.31. The Kier molecular flexibility index (Phi) is 5.56. The maximum atomic E-state index is 9.00. The summed E-state index contributed by atoms with van der Waals surface area (Å²) < 4.78 is 9.14. The average molecular weight is 180 g/mol. The second kappa shape index (κ2) is 5.90. The summed E-state index contributed by atoms with van der Waals surface area (Å²) in [7, 11) is 0. The van der Waals surface area contributed by atoms with Crippen molar-refractivity contribution in [1.29, 1.82) is 0 Å². The van der Waals surface area contributed by atoms with E-state index in [1.807, 2.05) is 0 Å². The molecule has 1 aliphatic rings. The number of ether oxygens (including phenoxy) is 2. The molecule has 2 unspecified atom stereocenters. The van der Waals surface area contributed by atoms with Crippen molar-refractivity contribution < 1.29 is 29.6 Å². The molecule has 0 saturated carbocycles. The van der Waals surface area contributed by atoms with Crippen LogP contribution >= 0.6 is 0 Å². The molecule has 1 heterocycles. The molecule has 72 valence electrons. The van der Waals surface area contributed by atoms with Crippen LogP contribution in [0.1, 0.15) is 6.92 Å². The zero-order chi connectivity index (χ0) is 9.56. The van der Waals surface area contributed by atoms with Gasteiger partial charge in [0.1, 0.15) is 13.2 Å². The van der Waals surface area contributed by atoms with E-state index < -0.39 is 18.5 Å². The van der Waals surface area contributed by atoms with Crippen LogP contribution in [0, 0.1) is 0 Å². The second-order valence-corrected chi connectivity index (χ2v) is 2.09. The minimum atomic E-state index is -0.863. The number of hydrogen-bond acceptors (Lipinski definition) is 5. The summed E-state index contributed by atoms with van der Waals surface area (Å²) in [6.45, 7) is 1.20. The third-order valence-corrected chi connectivity index (χ3v) is 0.862. The third-order valence-electron chi connectivity index (χ3n) is 0.862. The number of carbonyl (C=O) groups is 1. The van der Waals surface area contributed by atoms with Crippen LogP contribution in [0.5, 0.6) is 0 Å². The van der Waals surface area contributed by atoms with Gasteiger partial charge in [-0.25, -0.2) is 0 Å². The monoisotopic (exact) mass is 180 g/mol. The van der Waals surface area contributed by atoms with E-state index in [-0.39, 0.29) is 13.2 Å². The standard InChI is InChI=1S/C4H8O4.C2H4O2/c5-3-1-7-4(6)2-8-3;1-2(3)4/h3-6H,1-2H2;1H3,(H,3,4). The fourth-order valence-electron chi connectivity index (χ4n) is 0.483. The summed E-state index contributed by atoms with van der Waals surface area (Å²) in [4.78, 5) is 9.00. The van der Waals surface area contributed by atoms with Crippen LogP contribution in [0.2, 0.25) is 0 Å². The van der Waals surface area contributed by atoms with E-state index in [2.05, 4.69) is 9.47 Å². The first kappa shape index (κ1) is 11.3. The Morgan fingerprint density at radius 1 is 1.25 bits per heavy atom. The largest absolute Gasteiger partial charge is 0.481 e. The molecule has 1 aliphatic heterocycles. The molecule has 0 aromatic carbocycles. The summed E-state index contributed by atoms with van der Waals surface area (Å²) in [5.74, 6) is -0.833. The number of aliphatic carboxylic acids is 1. The molecule has 6 heteroatoms. The third kappa shape index (κ3) is 7.42. The molecule has 0 aromatic rings. The predicted octanol–water partition coefficient (Wildman–Crippen LogP) is -1.24. The Balaban J connectivity index is 0.000000261. The molecule has 1 rings (SSSR count). The quantitative estimate of drug-likeness (QED) is 0.431. The molecular weight excluding hydrogens is 168 g/mol. The average Bonchev–Trinajstić information content (AvgIpc) is 1.94. The lowest BCUT2D eigenvalue weighted by molar-refractivity contribution is -0.263. The van der Waals surface area contributed by atoms with Gasteiger partial charge in [-0.15, -0.1) is 0 Å². The lowest BCUT2D eigenvalue weighted by atomic mass is 10.5. The Labute approximate surface area is 69.3 Å². The van der Waals surface area contributed by atoms with Gasteiger partial charge in [-0.2, -0.15) is 0 Å². The predicted molar refractivity (Wildman–Crippen MR) is 37.2 cm³/mol. The molecular formula is C6H12O6. The van der Waals surface area contributed by atoms with Crippen molar-refractivity contribution in [1.82, 2.24) is 0 Å². The Morgan fingerprint density at radius 3 is 1.67 bits per heavy atom. The van der Waals surface area contributed by atoms with Gasteiger partial charge in [0.25, 0.3) is 5.97 Å². The van der Waals surface area contributed by atoms with E-state index in [0.29, 0.717) is 0 Å². The van der Waals surface area contributed by atoms with Crippen LogP contribution < -0.4 is 0 Å². The van der Waals surface area contributed by atoms with E-state index in [9.17, 15) is 0 Å². The zero-order valence-corrected chi connectivity index (χ0v) is 6.64. The van der Waals surface area contributed by atoms with Crippen molar-refractivity contribution in [3.8, 4) is 0 Å². The van der Waals surface area contributed by atoms with E-state index in [4.69, 9.17) is 20.1 Å². The first-order chi connectivity index (χ1) is 5.52. The number of rotatable bonds is 0. The molecule has 0 amide bonds. The zero-order valence-electron chi connectivity index (χ0n) is 6.64. The highest BCUT2D eigenvalue weighted by atomic mass is 16.7. The molecule has 0 aliphatic carbocycles. The van der Waals surface area contributed by atoms with Gasteiger partial charge in [0.15, 0.2) is 12.6 Å². The SMILES string of the molecule is CC(=O)O.OC1COC(O)CO1. The van der Waals surface area contributed by atoms with Gasteiger partial charge >= 0.3 is 0 Å². The number of aliphatic hydroxyl groups is 2. The van der Waals surface area contributed by atoms with Gasteiger partial charge in [0.05, 0.1) is 0 Å². The first-order valence-corrected chi connectivity index (χ1v) is 3.31. The summed E-state index contributed by atoms with van der Waals surface area (Å²) in [6.07, 6.45) is -1.73. The molecule has 2 atom stereocenters. The van der Waals surface area contributed by atoms with E-state index in [1.165, 1.54) is 0 Å². The van der Waals surface area contributed by atoms with Crippen molar-refractivity contribution in [2.45, 2.75) is 19.5 Å². The van der Waals surface area contributed by atoms with Crippen LogP contribution in [0.4, 0.5) is 0 Å². The lowest BCUT2D eigenvalue weighted by Crippen LogP contribution is -2.34. The van der Waals surface area contributed by atoms with Crippen molar-refractivity contribution in [3.63, 3.8) is 0 Å². The highest BCUT2D eigenvalue weighted by Crippen LogP contribution is 2.00. The Morgan fingerprint density at radius 2 is 1.50 bits per heavy atom. The Hall–Kier alpha value is -0.690. The van der Waals surface area contributed by atoms with E-state index in [0.717, 1.165) is 6.92 Å². The van der Waals surface area contributed by atoms with Crippen molar-refractivity contribution in [2.24, 2.45) is 0 Å². The smallest absolute Gasteiger partial charge is 0.300 e. The maximum absolute atomic E-state index is 9.00. The summed E-state index contributed by atoms with van der Waals surface area (Å²) in [6, 6.07) is 0. The molecule has 1 fully saturated rings. The van der Waals surface area contributed by atoms with E-state index >= 15 is 0 Å². The molecule has 0 spiro atoms. The van der Waals surface area contributed by atoms with E-state index in [1.54, 1.807) is 0 Å². The molecule has 1 saturated heterocycles. The summed E-state index contributed by atoms with van der Waals surface area (Å²) >= 11 is 0. The van der Waals surface area contributed by atoms with Crippen molar-refractivity contribution in [2.75, 3.05) is 13.2 Å². The van der Waals surface area contributed by atoms with Crippen LogP contribution in [0.3, 0.4) is 0 Å². The number of carboxylic acid groups (broad SMARTS) is 1. The van der Waals surface area contributed by atoms with Gasteiger partial charge in [0, 0.05) is 6.92 Å². The second-order valence-electron chi connectivity index (χ2n) is 2.09. The topological polar surface area (TPSA) is 96.2 Å². The minimum absolute atomic E-state index is 0.0567. The van der Waals surface area contributed by atoms with Gasteiger partial charge in [-0.3, -0.25) is 4.79 Å². The number of aliphatic hydroxyl groups excluding tert-OH is 2. The molecule has 0 aromatic heterocycles. The lowest BCUT2D eigenvalue weighted by Gasteiger charge is -2.22. The number of carboxylic acids is 1. The Bertz CT molecular complexity index is 114. The summed E-state index contributed by atoms with van der Waals surface area (Å²) in [5, 5.41) is 24.6. The van der Waals surface area contributed by atoms with Crippen LogP contribution in [0.15, 0.2) is 0 Å². The number of hydrogen-bond donors (Lipinski definition) is 3. The normalized spacial score (nSPS) is 28.6.